The fourth-order valence-corrected chi connectivity index (χ4v) is 0.214. The molecule has 2 nitrogen and oxygen atoms in total. The van der Waals surface area contributed by atoms with Crippen LogP contribution in [-0.2, 0) is 9.84 Å². The van der Waals surface area contributed by atoms with Gasteiger partial charge in [-0.25, -0.2) is 5.11 Å². The van der Waals surface area contributed by atoms with Crippen LogP contribution in [0.4, 0.5) is 0 Å². The van der Waals surface area contributed by atoms with Crippen molar-refractivity contribution in [1.29, 1.82) is 0 Å². The first kappa shape index (κ1) is 3.12. The van der Waals surface area contributed by atoms with Crippen molar-refractivity contribution in [2.75, 3.05) is 6.61 Å². The predicted molar refractivity (Wildman–Crippen MR) is 15.0 cm³/mol. The van der Waals surface area contributed by atoms with Gasteiger partial charge in [-0.1, -0.05) is 0 Å². The standard InChI is InChI=1S/C3H5O2/c4-3-1-2-5-3/h3H,1-2H2. The fraction of sp³-hybridized carbons (Fsp3) is 1.00. The van der Waals surface area contributed by atoms with Crippen LogP contribution < -0.4 is 0 Å². The maximum absolute atomic E-state index is 9.76. The first-order valence-corrected chi connectivity index (χ1v) is 1.67. The van der Waals surface area contributed by atoms with Gasteiger partial charge in [0.05, 0.1) is 6.61 Å². The summed E-state index contributed by atoms with van der Waals surface area (Å²) < 4.78 is 4.38. The molecule has 0 N–H and O–H groups in total. The Kier molecular flexibility index (Phi) is 0.596. The monoisotopic (exact) mass is 73.0 g/mol. The molecular weight excluding hydrogens is 68.0 g/mol. The Balaban J connectivity index is 2.08. The lowest BCUT2D eigenvalue weighted by molar-refractivity contribution is -0.215. The van der Waals surface area contributed by atoms with Gasteiger partial charge in [-0.2, -0.15) is 0 Å². The van der Waals surface area contributed by atoms with E-state index in [-0.39, 0.29) is 0 Å². The van der Waals surface area contributed by atoms with Crippen molar-refractivity contribution < 1.29 is 9.84 Å². The zero-order valence-corrected chi connectivity index (χ0v) is 2.81. The van der Waals surface area contributed by atoms with E-state index >= 15 is 0 Å². The molecule has 29 valence electrons. The Morgan fingerprint density at radius 2 is 2.20 bits per heavy atom. The van der Waals surface area contributed by atoms with Crippen LogP contribution >= 0.6 is 0 Å². The van der Waals surface area contributed by atoms with Gasteiger partial charge in [0.1, 0.15) is 0 Å². The van der Waals surface area contributed by atoms with Crippen molar-refractivity contribution in [1.82, 2.24) is 0 Å². The van der Waals surface area contributed by atoms with E-state index in [4.69, 9.17) is 0 Å². The van der Waals surface area contributed by atoms with Gasteiger partial charge in [-0.05, 0) is 0 Å². The Labute approximate surface area is 30.4 Å². The van der Waals surface area contributed by atoms with Gasteiger partial charge < -0.3 is 4.74 Å². The highest BCUT2D eigenvalue weighted by atomic mass is 16.6. The summed E-state index contributed by atoms with van der Waals surface area (Å²) in [4.78, 5) is 0. The van der Waals surface area contributed by atoms with Crippen LogP contribution in [0, 0.1) is 0 Å². The summed E-state index contributed by atoms with van der Waals surface area (Å²) >= 11 is 0. The molecular formula is C3H5O2. The zero-order valence-electron chi connectivity index (χ0n) is 2.81. The van der Waals surface area contributed by atoms with Crippen LogP contribution in [0.5, 0.6) is 0 Å². The molecule has 1 rings (SSSR count). The van der Waals surface area contributed by atoms with E-state index in [1.54, 1.807) is 0 Å². The molecule has 1 unspecified atom stereocenters. The van der Waals surface area contributed by atoms with Crippen LogP contribution in [0.15, 0.2) is 0 Å². The second-order valence-electron chi connectivity index (χ2n) is 1.09. The molecule has 1 radical (unpaired) electrons. The predicted octanol–water partition coefficient (Wildman–Crippen LogP) is 0.163. The molecule has 0 aromatic carbocycles. The molecule has 0 saturated carbocycles. The van der Waals surface area contributed by atoms with E-state index in [9.17, 15) is 5.11 Å². The lowest BCUT2D eigenvalue weighted by Gasteiger charge is -2.16. The van der Waals surface area contributed by atoms with Crippen molar-refractivity contribution in [2.24, 2.45) is 0 Å². The van der Waals surface area contributed by atoms with Gasteiger partial charge in [-0.15, -0.1) is 0 Å². The summed E-state index contributed by atoms with van der Waals surface area (Å²) in [5.41, 5.74) is 0. The van der Waals surface area contributed by atoms with Crippen LogP contribution in [-0.4, -0.2) is 12.9 Å². The van der Waals surface area contributed by atoms with Crippen LogP contribution in [0.25, 0.3) is 0 Å². The molecule has 1 fully saturated rings. The molecule has 0 bridgehead atoms. The van der Waals surface area contributed by atoms with Crippen LogP contribution in [0.3, 0.4) is 0 Å². The molecule has 0 spiro atoms. The molecule has 1 saturated heterocycles. The number of hydrogen-bond acceptors (Lipinski definition) is 1. The minimum Gasteiger partial charge on any atom is -0.349 e. The summed E-state index contributed by atoms with van der Waals surface area (Å²) in [5, 5.41) is 9.76. The Bertz CT molecular complexity index is 31.9. The lowest BCUT2D eigenvalue weighted by atomic mass is 10.4. The average molecular weight is 73.1 g/mol. The third kappa shape index (κ3) is 0.412. The minimum atomic E-state index is -0.685. The Hall–Kier alpha value is -0.0800. The molecule has 0 aromatic heterocycles. The number of ether oxygens (including phenoxy) is 1. The molecule has 2 heteroatoms. The first-order chi connectivity index (χ1) is 2.39. The van der Waals surface area contributed by atoms with Crippen LogP contribution in [0.2, 0.25) is 0 Å². The molecule has 1 heterocycles. The third-order valence-corrected chi connectivity index (χ3v) is 0.657. The van der Waals surface area contributed by atoms with Gasteiger partial charge in [-0.3, -0.25) is 0 Å². The molecule has 1 atom stereocenters. The minimum absolute atomic E-state index is 0.675. The van der Waals surface area contributed by atoms with Gasteiger partial charge in [0.15, 0.2) is 6.29 Å². The van der Waals surface area contributed by atoms with Crippen molar-refractivity contribution in [3.05, 3.63) is 0 Å². The second-order valence-corrected chi connectivity index (χ2v) is 1.09. The number of rotatable bonds is 0. The SMILES string of the molecule is [O]C1CCO1. The van der Waals surface area contributed by atoms with Crippen LogP contribution in [0.1, 0.15) is 6.42 Å². The second kappa shape index (κ2) is 0.954. The van der Waals surface area contributed by atoms with Gasteiger partial charge in [0, 0.05) is 6.42 Å². The van der Waals surface area contributed by atoms with E-state index in [2.05, 4.69) is 4.74 Å². The van der Waals surface area contributed by atoms with Gasteiger partial charge in [0.2, 0.25) is 0 Å². The molecule has 0 aliphatic carbocycles. The summed E-state index contributed by atoms with van der Waals surface area (Å²) in [6, 6.07) is 0. The third-order valence-electron chi connectivity index (χ3n) is 0.657. The Morgan fingerprint density at radius 3 is 2.20 bits per heavy atom. The highest BCUT2D eigenvalue weighted by Gasteiger charge is 2.14. The van der Waals surface area contributed by atoms with Crippen molar-refractivity contribution >= 4 is 0 Å². The topological polar surface area (TPSA) is 29.1 Å². The molecule has 1 aliphatic rings. The van der Waals surface area contributed by atoms with E-state index in [1.165, 1.54) is 0 Å². The smallest absolute Gasteiger partial charge is 0.193 e. The Morgan fingerprint density at radius 1 is 1.80 bits per heavy atom. The zero-order chi connectivity index (χ0) is 3.70. The normalized spacial score (nSPS) is 36.6. The van der Waals surface area contributed by atoms with Crippen molar-refractivity contribution in [3.63, 3.8) is 0 Å². The maximum Gasteiger partial charge on any atom is 0.193 e. The highest BCUT2D eigenvalue weighted by molar-refractivity contribution is 4.48. The van der Waals surface area contributed by atoms with Crippen molar-refractivity contribution in [2.45, 2.75) is 12.7 Å². The molecule has 0 amide bonds. The molecule has 1 aliphatic heterocycles. The van der Waals surface area contributed by atoms with Gasteiger partial charge in [0.25, 0.3) is 0 Å². The van der Waals surface area contributed by atoms with E-state index in [0.29, 0.717) is 13.0 Å². The summed E-state index contributed by atoms with van der Waals surface area (Å²) in [6.45, 7) is 0.675. The molecule has 0 aromatic rings. The van der Waals surface area contributed by atoms with E-state index in [1.807, 2.05) is 0 Å². The summed E-state index contributed by atoms with van der Waals surface area (Å²) in [7, 11) is 0. The van der Waals surface area contributed by atoms with E-state index in [0.717, 1.165) is 0 Å². The fourth-order valence-electron chi connectivity index (χ4n) is 0.214. The highest BCUT2D eigenvalue weighted by Crippen LogP contribution is 2.05. The first-order valence-electron chi connectivity index (χ1n) is 1.67. The lowest BCUT2D eigenvalue weighted by Crippen LogP contribution is -2.23. The summed E-state index contributed by atoms with van der Waals surface area (Å²) in [5.74, 6) is 0. The number of hydrogen-bond donors (Lipinski definition) is 0. The van der Waals surface area contributed by atoms with E-state index < -0.39 is 6.29 Å². The molecule has 5 heavy (non-hydrogen) atoms. The average Bonchev–Trinajstić information content (AvgIpc) is 1.30. The quantitative estimate of drug-likeness (QED) is 0.401. The largest absolute Gasteiger partial charge is 0.349 e. The van der Waals surface area contributed by atoms with Crippen molar-refractivity contribution in [3.8, 4) is 0 Å². The maximum atomic E-state index is 9.76. The summed E-state index contributed by atoms with van der Waals surface area (Å²) in [6.07, 6.45) is 0.0231. The van der Waals surface area contributed by atoms with Gasteiger partial charge >= 0.3 is 0 Å².